The Hall–Kier alpha value is -2.34. The van der Waals surface area contributed by atoms with E-state index in [1.807, 2.05) is 0 Å². The lowest BCUT2D eigenvalue weighted by molar-refractivity contribution is -0.385. The van der Waals surface area contributed by atoms with E-state index >= 15 is 0 Å². The largest absolute Gasteiger partial charge is 0.294 e. The first-order valence-electron chi connectivity index (χ1n) is 5.80. The van der Waals surface area contributed by atoms with Crippen LogP contribution in [0.4, 0.5) is 14.5 Å². The first kappa shape index (κ1) is 15.1. The van der Waals surface area contributed by atoms with Crippen LogP contribution in [0.15, 0.2) is 36.4 Å². The molecule has 0 saturated heterocycles. The first-order chi connectivity index (χ1) is 9.90. The van der Waals surface area contributed by atoms with Crippen molar-refractivity contribution in [3.63, 3.8) is 0 Å². The Labute approximate surface area is 123 Å². The summed E-state index contributed by atoms with van der Waals surface area (Å²) in [6.07, 6.45) is -0.446. The molecule has 0 aliphatic rings. The lowest BCUT2D eigenvalue weighted by Gasteiger charge is -2.06. The average molecular weight is 312 g/mol. The number of rotatable bonds is 4. The highest BCUT2D eigenvalue weighted by Gasteiger charge is 2.22. The summed E-state index contributed by atoms with van der Waals surface area (Å²) in [5, 5.41) is 10.9. The molecule has 0 spiro atoms. The molecule has 0 atom stereocenters. The quantitative estimate of drug-likeness (QED) is 0.488. The molecule has 2 aromatic rings. The molecule has 0 bridgehead atoms. The molecule has 4 nitrogen and oxygen atoms in total. The van der Waals surface area contributed by atoms with Crippen LogP contribution >= 0.6 is 11.6 Å². The Morgan fingerprint density at radius 2 is 1.95 bits per heavy atom. The molecule has 2 aromatic carbocycles. The molecule has 2 rings (SSSR count). The Kier molecular flexibility index (Phi) is 4.28. The van der Waals surface area contributed by atoms with E-state index in [1.165, 1.54) is 12.1 Å². The van der Waals surface area contributed by atoms with E-state index in [0.717, 1.165) is 18.2 Å². The number of nitro groups is 1. The lowest BCUT2D eigenvalue weighted by Crippen LogP contribution is -2.09. The van der Waals surface area contributed by atoms with E-state index in [-0.39, 0.29) is 16.1 Å². The molecule has 0 amide bonds. The highest BCUT2D eigenvalue weighted by atomic mass is 35.5. The van der Waals surface area contributed by atoms with Gasteiger partial charge in [-0.15, -0.1) is 0 Å². The van der Waals surface area contributed by atoms with E-state index in [2.05, 4.69) is 0 Å². The predicted octanol–water partition coefficient (Wildman–Crippen LogP) is 3.95. The molecule has 0 aliphatic carbocycles. The van der Waals surface area contributed by atoms with Gasteiger partial charge in [0.15, 0.2) is 5.78 Å². The van der Waals surface area contributed by atoms with Crippen LogP contribution in [0.5, 0.6) is 0 Å². The van der Waals surface area contributed by atoms with Gasteiger partial charge < -0.3 is 0 Å². The predicted molar refractivity (Wildman–Crippen MR) is 72.5 cm³/mol. The van der Waals surface area contributed by atoms with Crippen LogP contribution < -0.4 is 0 Å². The summed E-state index contributed by atoms with van der Waals surface area (Å²) in [6.45, 7) is 0. The van der Waals surface area contributed by atoms with Gasteiger partial charge >= 0.3 is 0 Å². The molecule has 108 valence electrons. The van der Waals surface area contributed by atoms with Crippen LogP contribution in [0.3, 0.4) is 0 Å². The summed E-state index contributed by atoms with van der Waals surface area (Å²) < 4.78 is 26.6. The molecule has 21 heavy (non-hydrogen) atoms. The Bertz CT molecular complexity index is 714. The number of benzene rings is 2. The Morgan fingerprint density at radius 1 is 1.24 bits per heavy atom. The number of nitro benzene ring substituents is 1. The first-order valence-corrected chi connectivity index (χ1v) is 6.18. The zero-order chi connectivity index (χ0) is 15.6. The van der Waals surface area contributed by atoms with E-state index in [0.29, 0.717) is 6.07 Å². The fourth-order valence-corrected chi connectivity index (χ4v) is 2.08. The van der Waals surface area contributed by atoms with Gasteiger partial charge in [0.25, 0.3) is 5.69 Å². The minimum atomic E-state index is -0.862. The summed E-state index contributed by atoms with van der Waals surface area (Å²) in [5.41, 5.74) is -1.00. The fraction of sp³-hybridized carbons (Fsp3) is 0.0714. The van der Waals surface area contributed by atoms with E-state index < -0.39 is 34.4 Å². The number of carbonyl (C=O) groups excluding carboxylic acids is 1. The molecule has 0 saturated carbocycles. The minimum Gasteiger partial charge on any atom is -0.294 e. The van der Waals surface area contributed by atoms with Gasteiger partial charge in [-0.3, -0.25) is 14.9 Å². The van der Waals surface area contributed by atoms with Crippen LogP contribution in [-0.4, -0.2) is 10.7 Å². The highest BCUT2D eigenvalue weighted by Crippen LogP contribution is 2.25. The highest BCUT2D eigenvalue weighted by molar-refractivity contribution is 6.31. The van der Waals surface area contributed by atoms with Crippen molar-refractivity contribution in [2.75, 3.05) is 0 Å². The summed E-state index contributed by atoms with van der Waals surface area (Å²) in [7, 11) is 0. The minimum absolute atomic E-state index is 0.0492. The molecule has 7 heteroatoms. The van der Waals surface area contributed by atoms with Crippen LogP contribution in [0.2, 0.25) is 5.02 Å². The second-order valence-corrected chi connectivity index (χ2v) is 4.63. The van der Waals surface area contributed by atoms with Crippen molar-refractivity contribution in [2.24, 2.45) is 0 Å². The van der Waals surface area contributed by atoms with Crippen molar-refractivity contribution in [3.8, 4) is 0 Å². The van der Waals surface area contributed by atoms with Crippen molar-refractivity contribution in [3.05, 3.63) is 74.3 Å². The third-order valence-electron chi connectivity index (χ3n) is 2.86. The number of carbonyl (C=O) groups is 1. The molecular weight excluding hydrogens is 304 g/mol. The molecule has 0 radical (unpaired) electrons. The zero-order valence-electron chi connectivity index (χ0n) is 10.5. The van der Waals surface area contributed by atoms with Gasteiger partial charge in [-0.05, 0) is 24.3 Å². The second kappa shape index (κ2) is 5.97. The van der Waals surface area contributed by atoms with E-state index in [4.69, 9.17) is 11.6 Å². The van der Waals surface area contributed by atoms with Crippen molar-refractivity contribution in [1.29, 1.82) is 0 Å². The van der Waals surface area contributed by atoms with Gasteiger partial charge in [0, 0.05) is 17.0 Å². The number of nitrogens with zero attached hydrogens (tertiary/aromatic N) is 1. The Balaban J connectivity index is 2.40. The summed E-state index contributed by atoms with van der Waals surface area (Å²) in [4.78, 5) is 22.1. The van der Waals surface area contributed by atoms with Crippen molar-refractivity contribution < 1.29 is 18.5 Å². The lowest BCUT2D eigenvalue weighted by atomic mass is 10.0. The smallest absolute Gasteiger partial charge is 0.283 e. The molecule has 0 aromatic heterocycles. The maximum Gasteiger partial charge on any atom is 0.283 e. The zero-order valence-corrected chi connectivity index (χ0v) is 11.2. The summed E-state index contributed by atoms with van der Waals surface area (Å²) >= 11 is 5.80. The van der Waals surface area contributed by atoms with Crippen molar-refractivity contribution >= 4 is 23.1 Å². The number of hydrogen-bond donors (Lipinski definition) is 0. The number of hydrogen-bond acceptors (Lipinski definition) is 3. The summed E-state index contributed by atoms with van der Waals surface area (Å²) in [6, 6.07) is 6.51. The molecule has 0 N–H and O–H groups in total. The normalized spacial score (nSPS) is 10.4. The SMILES string of the molecule is O=C(Cc1c(F)cccc1Cl)c1ccc(F)cc1[N+](=O)[O-]. The molecular formula is C14H8ClF2NO3. The fourth-order valence-electron chi connectivity index (χ4n) is 1.85. The standard InChI is InChI=1S/C14H8ClF2NO3/c15-11-2-1-3-12(17)10(11)7-14(19)9-5-4-8(16)6-13(9)18(20)21/h1-6H,7H2. The number of Topliss-reactive ketones (excluding diaryl/α,β-unsaturated/α-hetero) is 1. The summed E-state index contributed by atoms with van der Waals surface area (Å²) in [5.74, 6) is -2.23. The third kappa shape index (κ3) is 3.22. The van der Waals surface area contributed by atoms with E-state index in [9.17, 15) is 23.7 Å². The van der Waals surface area contributed by atoms with Gasteiger partial charge in [0.05, 0.1) is 16.6 Å². The van der Waals surface area contributed by atoms with Gasteiger partial charge in [-0.2, -0.15) is 0 Å². The van der Waals surface area contributed by atoms with E-state index in [1.54, 1.807) is 0 Å². The van der Waals surface area contributed by atoms with Gasteiger partial charge in [0.2, 0.25) is 0 Å². The van der Waals surface area contributed by atoms with Crippen molar-refractivity contribution in [1.82, 2.24) is 0 Å². The number of ketones is 1. The molecule has 0 unspecified atom stereocenters. The molecule has 0 fully saturated rings. The van der Waals surface area contributed by atoms with Crippen molar-refractivity contribution in [2.45, 2.75) is 6.42 Å². The van der Waals surface area contributed by atoms with Gasteiger partial charge in [-0.1, -0.05) is 17.7 Å². The molecule has 0 heterocycles. The Morgan fingerprint density at radius 3 is 2.57 bits per heavy atom. The third-order valence-corrected chi connectivity index (χ3v) is 3.21. The van der Waals surface area contributed by atoms with Gasteiger partial charge in [0.1, 0.15) is 11.6 Å². The van der Waals surface area contributed by atoms with Crippen LogP contribution in [0.25, 0.3) is 0 Å². The molecule has 0 aliphatic heterocycles. The maximum atomic E-state index is 13.6. The second-order valence-electron chi connectivity index (χ2n) is 4.22. The van der Waals surface area contributed by atoms with Crippen LogP contribution in [0, 0.1) is 21.7 Å². The van der Waals surface area contributed by atoms with Gasteiger partial charge in [-0.25, -0.2) is 8.78 Å². The average Bonchev–Trinajstić information content (AvgIpc) is 2.42. The monoisotopic (exact) mass is 311 g/mol. The van der Waals surface area contributed by atoms with Crippen LogP contribution in [-0.2, 0) is 6.42 Å². The topological polar surface area (TPSA) is 60.2 Å². The maximum absolute atomic E-state index is 13.6. The number of halogens is 3. The van der Waals surface area contributed by atoms with Crippen LogP contribution in [0.1, 0.15) is 15.9 Å².